The van der Waals surface area contributed by atoms with E-state index in [-0.39, 0.29) is 11.8 Å². The van der Waals surface area contributed by atoms with E-state index in [4.69, 9.17) is 0 Å². The highest BCUT2D eigenvalue weighted by Gasteiger charge is 2.21. The van der Waals surface area contributed by atoms with Crippen molar-refractivity contribution in [3.05, 3.63) is 46.7 Å². The molecular formula is C20H22N4O2S3. The Kier molecular flexibility index (Phi) is 6.81. The Hall–Kier alpha value is -1.94. The fraction of sp³-hybridized carbons (Fsp3) is 0.350. The first-order valence-electron chi connectivity index (χ1n) is 9.48. The van der Waals surface area contributed by atoms with Gasteiger partial charge in [-0.1, -0.05) is 23.9 Å². The molecule has 6 nitrogen and oxygen atoms in total. The molecule has 0 spiro atoms. The number of nitrogens with zero attached hydrogens (tertiary/aromatic N) is 3. The summed E-state index contributed by atoms with van der Waals surface area (Å²) < 4.78 is 2.10. The first kappa shape index (κ1) is 20.3. The van der Waals surface area contributed by atoms with Crippen LogP contribution < -0.4 is 5.32 Å². The first-order chi connectivity index (χ1) is 14.2. The lowest BCUT2D eigenvalue weighted by molar-refractivity contribution is -0.130. The zero-order valence-electron chi connectivity index (χ0n) is 15.9. The van der Waals surface area contributed by atoms with Gasteiger partial charge in [0.1, 0.15) is 0 Å². The topological polar surface area (TPSA) is 65.5 Å². The van der Waals surface area contributed by atoms with E-state index in [0.717, 1.165) is 52.8 Å². The molecule has 0 radical (unpaired) electrons. The Morgan fingerprint density at radius 2 is 1.97 bits per heavy atom. The quantitative estimate of drug-likeness (QED) is 0.565. The number of hydrogen-bond donors (Lipinski definition) is 1. The van der Waals surface area contributed by atoms with Crippen LogP contribution in [-0.4, -0.2) is 71.6 Å². The number of thioether (sulfide) groups is 1. The average molecular weight is 447 g/mol. The second kappa shape index (κ2) is 9.71. The molecule has 2 aromatic heterocycles. The third kappa shape index (κ3) is 5.36. The number of thiophene rings is 1. The van der Waals surface area contributed by atoms with Crippen LogP contribution in [0.1, 0.15) is 10.4 Å². The molecule has 152 valence electrons. The number of carbonyl (C=O) groups is 2. The van der Waals surface area contributed by atoms with Gasteiger partial charge in [-0.3, -0.25) is 14.5 Å². The van der Waals surface area contributed by atoms with Gasteiger partial charge >= 0.3 is 0 Å². The number of carbonyl (C=O) groups excluding carboxylic acids is 2. The van der Waals surface area contributed by atoms with E-state index in [9.17, 15) is 9.59 Å². The van der Waals surface area contributed by atoms with Gasteiger partial charge in [-0.15, -0.1) is 11.3 Å². The molecule has 29 heavy (non-hydrogen) atoms. The Bertz CT molecular complexity index is 932. The largest absolute Gasteiger partial charge is 0.351 e. The van der Waals surface area contributed by atoms with Crippen LogP contribution in [0.2, 0.25) is 0 Å². The van der Waals surface area contributed by atoms with Gasteiger partial charge in [0, 0.05) is 50.2 Å². The summed E-state index contributed by atoms with van der Waals surface area (Å²) >= 11 is 4.68. The summed E-state index contributed by atoms with van der Waals surface area (Å²) in [7, 11) is 0. The zero-order valence-corrected chi connectivity index (χ0v) is 18.3. The van der Waals surface area contributed by atoms with E-state index in [1.165, 1.54) is 23.1 Å². The Morgan fingerprint density at radius 3 is 2.72 bits per heavy atom. The van der Waals surface area contributed by atoms with E-state index in [1.807, 2.05) is 39.9 Å². The van der Waals surface area contributed by atoms with Crippen LogP contribution >= 0.6 is 34.4 Å². The Morgan fingerprint density at radius 1 is 1.14 bits per heavy atom. The molecule has 0 atom stereocenters. The molecule has 1 aromatic carbocycles. The molecular weight excluding hydrogens is 424 g/mol. The van der Waals surface area contributed by atoms with E-state index in [1.54, 1.807) is 11.3 Å². The van der Waals surface area contributed by atoms with Crippen LogP contribution in [0.15, 0.2) is 45.4 Å². The number of benzene rings is 1. The van der Waals surface area contributed by atoms with Crippen molar-refractivity contribution in [3.8, 4) is 0 Å². The molecule has 0 unspecified atom stereocenters. The zero-order chi connectivity index (χ0) is 20.1. The maximum atomic E-state index is 12.5. The second-order valence-electron chi connectivity index (χ2n) is 6.73. The molecule has 1 saturated heterocycles. The SMILES string of the molecule is O=C(NCCN1CCN(C(=O)CSc2nc3ccccc3s2)CC1)c1ccsc1. The van der Waals surface area contributed by atoms with E-state index < -0.39 is 0 Å². The molecule has 0 saturated carbocycles. The van der Waals surface area contributed by atoms with Gasteiger partial charge in [0.05, 0.1) is 16.0 Å². The van der Waals surface area contributed by atoms with Crippen molar-refractivity contribution in [2.75, 3.05) is 45.0 Å². The molecule has 9 heteroatoms. The van der Waals surface area contributed by atoms with Crippen LogP contribution in [0.25, 0.3) is 10.2 Å². The van der Waals surface area contributed by atoms with Crippen molar-refractivity contribution in [1.82, 2.24) is 20.1 Å². The number of hydrogen-bond acceptors (Lipinski definition) is 7. The lowest BCUT2D eigenvalue weighted by atomic mass is 10.3. The molecule has 4 rings (SSSR count). The smallest absolute Gasteiger partial charge is 0.252 e. The minimum Gasteiger partial charge on any atom is -0.351 e. The van der Waals surface area contributed by atoms with Gasteiger partial charge in [-0.2, -0.15) is 11.3 Å². The van der Waals surface area contributed by atoms with Gasteiger partial charge in [0.2, 0.25) is 5.91 Å². The molecule has 1 fully saturated rings. The molecule has 0 bridgehead atoms. The number of rotatable bonds is 7. The van der Waals surface area contributed by atoms with Crippen LogP contribution in [0.4, 0.5) is 0 Å². The van der Waals surface area contributed by atoms with Crippen LogP contribution in [-0.2, 0) is 4.79 Å². The Labute approximate surface area is 181 Å². The maximum absolute atomic E-state index is 12.5. The summed E-state index contributed by atoms with van der Waals surface area (Å²) in [5, 5.41) is 6.71. The highest BCUT2D eigenvalue weighted by molar-refractivity contribution is 8.01. The van der Waals surface area contributed by atoms with E-state index in [0.29, 0.717) is 12.3 Å². The summed E-state index contributed by atoms with van der Waals surface area (Å²) in [6, 6.07) is 9.87. The predicted molar refractivity (Wildman–Crippen MR) is 120 cm³/mol. The molecule has 0 aliphatic carbocycles. The summed E-state index contributed by atoms with van der Waals surface area (Å²) in [4.78, 5) is 33.3. The van der Waals surface area contributed by atoms with Crippen LogP contribution in [0, 0.1) is 0 Å². The van der Waals surface area contributed by atoms with Crippen molar-refractivity contribution in [3.63, 3.8) is 0 Å². The number of aromatic nitrogens is 1. The summed E-state index contributed by atoms with van der Waals surface area (Å²) in [6.07, 6.45) is 0. The molecule has 3 aromatic rings. The molecule has 3 heterocycles. The number of fused-ring (bicyclic) bond motifs is 1. The summed E-state index contributed by atoms with van der Waals surface area (Å²) in [5.74, 6) is 0.572. The highest BCUT2D eigenvalue weighted by atomic mass is 32.2. The fourth-order valence-electron chi connectivity index (χ4n) is 3.17. The van der Waals surface area contributed by atoms with Gasteiger partial charge in [0.15, 0.2) is 4.34 Å². The third-order valence-electron chi connectivity index (χ3n) is 4.82. The molecule has 2 amide bonds. The number of piperazine rings is 1. The van der Waals surface area contributed by atoms with Gasteiger partial charge in [-0.25, -0.2) is 4.98 Å². The second-order valence-corrected chi connectivity index (χ2v) is 9.76. The number of para-hydroxylation sites is 1. The standard InChI is InChI=1S/C20H22N4O2S3/c25-18(14-28-20-22-16-3-1-2-4-17(16)29-20)24-10-8-23(9-11-24)7-6-21-19(26)15-5-12-27-13-15/h1-5,12-13H,6-11,14H2,(H,21,26). The summed E-state index contributed by atoms with van der Waals surface area (Å²) in [6.45, 7) is 4.57. The normalized spacial score (nSPS) is 15.0. The van der Waals surface area contributed by atoms with Gasteiger partial charge in [-0.05, 0) is 23.6 Å². The van der Waals surface area contributed by atoms with Crippen LogP contribution in [0.3, 0.4) is 0 Å². The number of amides is 2. The summed E-state index contributed by atoms with van der Waals surface area (Å²) in [5.41, 5.74) is 1.71. The van der Waals surface area contributed by atoms with Crippen molar-refractivity contribution >= 4 is 56.5 Å². The van der Waals surface area contributed by atoms with Crippen molar-refractivity contribution in [2.24, 2.45) is 0 Å². The Balaban J connectivity index is 1.16. The van der Waals surface area contributed by atoms with E-state index >= 15 is 0 Å². The van der Waals surface area contributed by atoms with Crippen molar-refractivity contribution < 1.29 is 9.59 Å². The minimum atomic E-state index is -0.0214. The predicted octanol–water partition coefficient (Wildman–Crippen LogP) is 3.02. The fourth-order valence-corrected chi connectivity index (χ4v) is 5.78. The lowest BCUT2D eigenvalue weighted by Crippen LogP contribution is -2.50. The maximum Gasteiger partial charge on any atom is 0.252 e. The molecule has 1 aliphatic rings. The van der Waals surface area contributed by atoms with Gasteiger partial charge < -0.3 is 10.2 Å². The van der Waals surface area contributed by atoms with Crippen molar-refractivity contribution in [2.45, 2.75) is 4.34 Å². The third-order valence-corrected chi connectivity index (χ3v) is 7.66. The lowest BCUT2D eigenvalue weighted by Gasteiger charge is -2.34. The minimum absolute atomic E-state index is 0.0214. The highest BCUT2D eigenvalue weighted by Crippen LogP contribution is 2.29. The number of thiazole rings is 1. The molecule has 1 N–H and O–H groups in total. The van der Waals surface area contributed by atoms with Crippen LogP contribution in [0.5, 0.6) is 0 Å². The van der Waals surface area contributed by atoms with E-state index in [2.05, 4.69) is 21.3 Å². The van der Waals surface area contributed by atoms with Crippen molar-refractivity contribution in [1.29, 1.82) is 0 Å². The number of nitrogens with one attached hydrogen (secondary N) is 1. The molecule has 1 aliphatic heterocycles. The monoisotopic (exact) mass is 446 g/mol. The van der Waals surface area contributed by atoms with Gasteiger partial charge in [0.25, 0.3) is 5.91 Å². The average Bonchev–Trinajstić information content (AvgIpc) is 3.42. The first-order valence-corrected chi connectivity index (χ1v) is 12.2.